The lowest BCUT2D eigenvalue weighted by Gasteiger charge is -2.11. The predicted molar refractivity (Wildman–Crippen MR) is 81.6 cm³/mol. The van der Waals surface area contributed by atoms with Gasteiger partial charge >= 0.3 is 0 Å². The van der Waals surface area contributed by atoms with Crippen LogP contribution in [-0.4, -0.2) is 12.1 Å². The summed E-state index contributed by atoms with van der Waals surface area (Å²) >= 11 is 0. The van der Waals surface area contributed by atoms with E-state index in [-0.39, 0.29) is 5.82 Å². The van der Waals surface area contributed by atoms with Gasteiger partial charge in [0.25, 0.3) is 0 Å². The number of halogens is 1. The van der Waals surface area contributed by atoms with Gasteiger partial charge in [0.05, 0.1) is 12.8 Å². The van der Waals surface area contributed by atoms with Crippen LogP contribution >= 0.6 is 0 Å². The zero-order valence-electron chi connectivity index (χ0n) is 11.6. The summed E-state index contributed by atoms with van der Waals surface area (Å²) in [4.78, 5) is 4.66. The summed E-state index contributed by atoms with van der Waals surface area (Å²) in [5.41, 5.74) is 8.85. The van der Waals surface area contributed by atoms with E-state index in [1.807, 2.05) is 30.3 Å². The molecule has 0 atom stereocenters. The zero-order chi connectivity index (χ0) is 14.8. The first-order valence-electron chi connectivity index (χ1n) is 6.65. The fourth-order valence-corrected chi connectivity index (χ4v) is 2.42. The van der Waals surface area contributed by atoms with Crippen molar-refractivity contribution in [3.63, 3.8) is 0 Å². The molecule has 0 radical (unpaired) electrons. The number of rotatable bonds is 3. The summed E-state index contributed by atoms with van der Waals surface area (Å²) in [6.07, 6.45) is 0. The first-order chi connectivity index (χ1) is 10.2. The molecule has 2 N–H and O–H groups in total. The third kappa shape index (κ3) is 2.45. The van der Waals surface area contributed by atoms with Crippen LogP contribution in [0, 0.1) is 5.82 Å². The van der Waals surface area contributed by atoms with Gasteiger partial charge in [-0.05, 0) is 29.8 Å². The Hall–Kier alpha value is -2.46. The van der Waals surface area contributed by atoms with Crippen LogP contribution in [0.25, 0.3) is 22.2 Å². The molecule has 0 aliphatic carbocycles. The molecule has 3 nitrogen and oxygen atoms in total. The molecular formula is C17H15FN2O. The van der Waals surface area contributed by atoms with E-state index in [1.54, 1.807) is 13.2 Å². The first kappa shape index (κ1) is 13.5. The highest BCUT2D eigenvalue weighted by molar-refractivity contribution is 5.88. The molecule has 4 heteroatoms. The molecule has 3 rings (SSSR count). The molecule has 0 spiro atoms. The van der Waals surface area contributed by atoms with Crippen LogP contribution in [0.3, 0.4) is 0 Å². The quantitative estimate of drug-likeness (QED) is 0.799. The van der Waals surface area contributed by atoms with Gasteiger partial charge in [0.15, 0.2) is 0 Å². The van der Waals surface area contributed by atoms with E-state index < -0.39 is 0 Å². The maximum atomic E-state index is 13.5. The SMILES string of the molecule is COc1cccc2cc(CN)c(-c3cccc(F)c3)nc12. The van der Waals surface area contributed by atoms with Gasteiger partial charge in [-0.15, -0.1) is 0 Å². The van der Waals surface area contributed by atoms with Gasteiger partial charge in [-0.1, -0.05) is 24.3 Å². The lowest BCUT2D eigenvalue weighted by molar-refractivity contribution is 0.419. The lowest BCUT2D eigenvalue weighted by atomic mass is 10.0. The number of aromatic nitrogens is 1. The van der Waals surface area contributed by atoms with E-state index in [0.29, 0.717) is 23.6 Å². The van der Waals surface area contributed by atoms with Crippen LogP contribution in [0.4, 0.5) is 4.39 Å². The van der Waals surface area contributed by atoms with Crippen molar-refractivity contribution >= 4 is 10.9 Å². The van der Waals surface area contributed by atoms with Crippen molar-refractivity contribution in [2.45, 2.75) is 6.54 Å². The van der Waals surface area contributed by atoms with Crippen molar-refractivity contribution in [3.05, 3.63) is 59.9 Å². The van der Waals surface area contributed by atoms with Crippen molar-refractivity contribution in [3.8, 4) is 17.0 Å². The van der Waals surface area contributed by atoms with Gasteiger partial charge in [-0.3, -0.25) is 0 Å². The monoisotopic (exact) mass is 282 g/mol. The van der Waals surface area contributed by atoms with Crippen molar-refractivity contribution in [1.29, 1.82) is 0 Å². The third-order valence-corrected chi connectivity index (χ3v) is 3.43. The number of para-hydroxylation sites is 1. The second-order valence-electron chi connectivity index (χ2n) is 4.74. The van der Waals surface area contributed by atoms with Gasteiger partial charge in [0, 0.05) is 17.5 Å². The largest absolute Gasteiger partial charge is 0.494 e. The Bertz CT molecular complexity index is 802. The number of benzene rings is 2. The summed E-state index contributed by atoms with van der Waals surface area (Å²) < 4.78 is 18.8. The lowest BCUT2D eigenvalue weighted by Crippen LogP contribution is -2.02. The van der Waals surface area contributed by atoms with Crippen molar-refractivity contribution in [2.75, 3.05) is 7.11 Å². The van der Waals surface area contributed by atoms with E-state index in [2.05, 4.69) is 4.98 Å². The average Bonchev–Trinajstić information content (AvgIpc) is 2.52. The van der Waals surface area contributed by atoms with Crippen LogP contribution in [0.15, 0.2) is 48.5 Å². The topological polar surface area (TPSA) is 48.1 Å². The number of hydrogen-bond donors (Lipinski definition) is 1. The highest BCUT2D eigenvalue weighted by Gasteiger charge is 2.11. The van der Waals surface area contributed by atoms with Crippen LogP contribution in [0.5, 0.6) is 5.75 Å². The summed E-state index contributed by atoms with van der Waals surface area (Å²) in [6, 6.07) is 14.1. The predicted octanol–water partition coefficient (Wildman–Crippen LogP) is 3.51. The second kappa shape index (κ2) is 5.50. The number of pyridine rings is 1. The molecule has 0 bridgehead atoms. The summed E-state index contributed by atoms with van der Waals surface area (Å²) in [5.74, 6) is 0.395. The fourth-order valence-electron chi connectivity index (χ4n) is 2.42. The molecule has 0 fully saturated rings. The number of nitrogens with zero attached hydrogens (tertiary/aromatic N) is 1. The van der Waals surface area contributed by atoms with Gasteiger partial charge in [0.1, 0.15) is 17.1 Å². The van der Waals surface area contributed by atoms with Crippen LogP contribution in [-0.2, 0) is 6.54 Å². The molecule has 1 heterocycles. The van der Waals surface area contributed by atoms with Gasteiger partial charge in [-0.2, -0.15) is 0 Å². The molecule has 0 unspecified atom stereocenters. The minimum Gasteiger partial charge on any atom is -0.494 e. The summed E-state index contributed by atoms with van der Waals surface area (Å²) in [7, 11) is 1.61. The highest BCUT2D eigenvalue weighted by Crippen LogP contribution is 2.30. The molecule has 0 aliphatic rings. The molecule has 0 saturated carbocycles. The standard InChI is InChI=1S/C17H15FN2O/c1-21-15-7-3-5-11-8-13(10-19)16(20-17(11)15)12-4-2-6-14(18)9-12/h2-9H,10,19H2,1H3. The molecule has 0 saturated heterocycles. The number of methoxy groups -OCH3 is 1. The Morgan fingerprint density at radius 1 is 1.14 bits per heavy atom. The molecule has 21 heavy (non-hydrogen) atoms. The van der Waals surface area contributed by atoms with E-state index in [0.717, 1.165) is 16.5 Å². The van der Waals surface area contributed by atoms with Gasteiger partial charge in [-0.25, -0.2) is 9.37 Å². The normalized spacial score (nSPS) is 10.8. The van der Waals surface area contributed by atoms with Crippen molar-refractivity contribution in [1.82, 2.24) is 4.98 Å². The van der Waals surface area contributed by atoms with E-state index in [1.165, 1.54) is 12.1 Å². The van der Waals surface area contributed by atoms with E-state index in [9.17, 15) is 4.39 Å². The summed E-state index contributed by atoms with van der Waals surface area (Å²) in [6.45, 7) is 0.339. The maximum Gasteiger partial charge on any atom is 0.145 e. The molecular weight excluding hydrogens is 267 g/mol. The fraction of sp³-hybridized carbons (Fsp3) is 0.118. The second-order valence-corrected chi connectivity index (χ2v) is 4.74. The van der Waals surface area contributed by atoms with E-state index in [4.69, 9.17) is 10.5 Å². The number of hydrogen-bond acceptors (Lipinski definition) is 3. The minimum absolute atomic E-state index is 0.294. The molecule has 2 aromatic carbocycles. The smallest absolute Gasteiger partial charge is 0.145 e. The van der Waals surface area contributed by atoms with Crippen LogP contribution in [0.2, 0.25) is 0 Å². The molecule has 3 aromatic rings. The molecule has 0 amide bonds. The Kier molecular flexibility index (Phi) is 3.54. The Balaban J connectivity index is 2.30. The number of ether oxygens (including phenoxy) is 1. The average molecular weight is 282 g/mol. The Morgan fingerprint density at radius 2 is 1.95 bits per heavy atom. The van der Waals surface area contributed by atoms with Crippen molar-refractivity contribution in [2.24, 2.45) is 5.73 Å². The summed E-state index contributed by atoms with van der Waals surface area (Å²) in [5, 5.41) is 0.954. The highest BCUT2D eigenvalue weighted by atomic mass is 19.1. The molecule has 1 aromatic heterocycles. The third-order valence-electron chi connectivity index (χ3n) is 3.43. The number of nitrogens with two attached hydrogens (primary N) is 1. The molecule has 106 valence electrons. The van der Waals surface area contributed by atoms with Crippen molar-refractivity contribution < 1.29 is 9.13 Å². The Morgan fingerprint density at radius 3 is 2.67 bits per heavy atom. The van der Waals surface area contributed by atoms with E-state index >= 15 is 0 Å². The van der Waals surface area contributed by atoms with Crippen LogP contribution < -0.4 is 10.5 Å². The van der Waals surface area contributed by atoms with Gasteiger partial charge in [0.2, 0.25) is 0 Å². The molecule has 0 aliphatic heterocycles. The van der Waals surface area contributed by atoms with Crippen LogP contribution in [0.1, 0.15) is 5.56 Å². The zero-order valence-corrected chi connectivity index (χ0v) is 11.6. The Labute approximate surface area is 122 Å². The number of fused-ring (bicyclic) bond motifs is 1. The first-order valence-corrected chi connectivity index (χ1v) is 6.65. The minimum atomic E-state index is -0.294. The van der Waals surface area contributed by atoms with Gasteiger partial charge < -0.3 is 10.5 Å². The maximum absolute atomic E-state index is 13.5.